The molecule has 0 saturated carbocycles. The van der Waals surface area contributed by atoms with E-state index in [-0.39, 0.29) is 5.78 Å². The Hall–Kier alpha value is -0.710. The largest absolute Gasteiger partial charge is 0.389 e. The minimum atomic E-state index is -0.930. The van der Waals surface area contributed by atoms with Crippen molar-refractivity contribution in [2.24, 2.45) is 0 Å². The number of carbonyl (C=O) groups excluding carboxylic acids is 1. The van der Waals surface area contributed by atoms with Crippen LogP contribution in [0.1, 0.15) is 34.0 Å². The Kier molecular flexibility index (Phi) is 3.42. The van der Waals surface area contributed by atoms with E-state index < -0.39 is 12.2 Å². The van der Waals surface area contributed by atoms with E-state index in [0.29, 0.717) is 29.3 Å². The maximum Gasteiger partial charge on any atom is 0.163 e. The van der Waals surface area contributed by atoms with Gasteiger partial charge in [0.15, 0.2) is 5.78 Å². The van der Waals surface area contributed by atoms with Crippen LogP contribution in [0.15, 0.2) is 18.2 Å². The summed E-state index contributed by atoms with van der Waals surface area (Å²) in [5, 5.41) is 19.9. The van der Waals surface area contributed by atoms with Crippen molar-refractivity contribution in [3.8, 4) is 0 Å². The van der Waals surface area contributed by atoms with Crippen molar-refractivity contribution < 1.29 is 15.0 Å². The summed E-state index contributed by atoms with van der Waals surface area (Å²) in [6.45, 7) is 0. The lowest BCUT2D eigenvalue weighted by atomic mass is 9.96. The quantitative estimate of drug-likeness (QED) is 0.829. The summed E-state index contributed by atoms with van der Waals surface area (Å²) in [5.41, 5.74) is 2.26. The van der Waals surface area contributed by atoms with Gasteiger partial charge < -0.3 is 10.2 Å². The van der Waals surface area contributed by atoms with Gasteiger partial charge in [-0.15, -0.1) is 0 Å². The number of carbonyl (C=O) groups is 1. The number of Topliss-reactive ketones (excluding diaryl/α,β-unsaturated/α-hetero) is 1. The highest BCUT2D eigenvalue weighted by molar-refractivity contribution is 9.09. The van der Waals surface area contributed by atoms with Crippen LogP contribution in [0.2, 0.25) is 0 Å². The van der Waals surface area contributed by atoms with E-state index in [1.807, 2.05) is 0 Å². The maximum atomic E-state index is 11.5. The number of aliphatic hydroxyl groups excluding tert-OH is 2. The fraction of sp³-hybridized carbons (Fsp3) is 0.417. The third-order valence-electron chi connectivity index (χ3n) is 2.96. The maximum absolute atomic E-state index is 11.5. The molecule has 0 bridgehead atoms. The van der Waals surface area contributed by atoms with Gasteiger partial charge in [0.25, 0.3) is 0 Å². The van der Waals surface area contributed by atoms with Crippen LogP contribution in [0, 0.1) is 0 Å². The number of halogens is 1. The minimum Gasteiger partial charge on any atom is -0.389 e. The van der Waals surface area contributed by atoms with Crippen LogP contribution in [0.5, 0.6) is 0 Å². The molecule has 16 heavy (non-hydrogen) atoms. The molecule has 0 spiro atoms. The molecule has 0 saturated heterocycles. The van der Waals surface area contributed by atoms with Crippen LogP contribution < -0.4 is 0 Å². The summed E-state index contributed by atoms with van der Waals surface area (Å²) in [5.74, 6) is 0.123. The molecule has 86 valence electrons. The fourth-order valence-corrected chi connectivity index (χ4v) is 2.44. The van der Waals surface area contributed by atoms with Crippen LogP contribution in [0.3, 0.4) is 0 Å². The van der Waals surface area contributed by atoms with Crippen molar-refractivity contribution in [3.63, 3.8) is 0 Å². The van der Waals surface area contributed by atoms with E-state index >= 15 is 0 Å². The van der Waals surface area contributed by atoms with E-state index in [1.54, 1.807) is 18.2 Å². The molecule has 2 N–H and O–H groups in total. The molecular formula is C12H13BrO3. The number of ketones is 1. The molecule has 1 aliphatic carbocycles. The molecule has 0 fully saturated rings. The Bertz CT molecular complexity index is 417. The number of alkyl halides is 1. The van der Waals surface area contributed by atoms with E-state index in [1.165, 1.54) is 0 Å². The standard InChI is InChI=1S/C12H13BrO3/c13-6-11(15)12(16)9-3-1-2-8-7(9)4-5-10(8)14/h1-3,11-12,15-16H,4-6H2. The first-order chi connectivity index (χ1) is 7.65. The molecule has 0 aliphatic heterocycles. The van der Waals surface area contributed by atoms with Crippen LogP contribution in [0.4, 0.5) is 0 Å². The molecule has 0 heterocycles. The second-order valence-electron chi connectivity index (χ2n) is 3.96. The molecule has 2 atom stereocenters. The molecule has 0 amide bonds. The van der Waals surface area contributed by atoms with Gasteiger partial charge in [-0.25, -0.2) is 0 Å². The summed E-state index contributed by atoms with van der Waals surface area (Å²) < 4.78 is 0. The van der Waals surface area contributed by atoms with Crippen molar-refractivity contribution in [1.82, 2.24) is 0 Å². The zero-order chi connectivity index (χ0) is 11.7. The van der Waals surface area contributed by atoms with E-state index in [9.17, 15) is 15.0 Å². The molecule has 2 unspecified atom stereocenters. The van der Waals surface area contributed by atoms with Gasteiger partial charge in [-0.2, -0.15) is 0 Å². The lowest BCUT2D eigenvalue weighted by molar-refractivity contribution is 0.0337. The summed E-state index contributed by atoms with van der Waals surface area (Å²) in [7, 11) is 0. The molecule has 4 heteroatoms. The van der Waals surface area contributed by atoms with Gasteiger partial charge in [0.1, 0.15) is 6.10 Å². The zero-order valence-electron chi connectivity index (χ0n) is 8.69. The van der Waals surface area contributed by atoms with Crippen LogP contribution >= 0.6 is 15.9 Å². The second-order valence-corrected chi connectivity index (χ2v) is 4.61. The lowest BCUT2D eigenvalue weighted by Crippen LogP contribution is -2.20. The van der Waals surface area contributed by atoms with Crippen molar-refractivity contribution in [2.75, 3.05) is 5.33 Å². The van der Waals surface area contributed by atoms with Gasteiger partial charge in [0, 0.05) is 17.3 Å². The first-order valence-electron chi connectivity index (χ1n) is 5.22. The van der Waals surface area contributed by atoms with Crippen LogP contribution in [-0.2, 0) is 6.42 Å². The third kappa shape index (κ3) is 1.93. The van der Waals surface area contributed by atoms with E-state index in [0.717, 1.165) is 5.56 Å². The topological polar surface area (TPSA) is 57.5 Å². The highest BCUT2D eigenvalue weighted by atomic mass is 79.9. The monoisotopic (exact) mass is 284 g/mol. The summed E-state index contributed by atoms with van der Waals surface area (Å²) in [6, 6.07) is 5.30. The Balaban J connectivity index is 2.40. The number of aliphatic hydroxyl groups is 2. The van der Waals surface area contributed by atoms with Gasteiger partial charge in [-0.1, -0.05) is 34.1 Å². The van der Waals surface area contributed by atoms with Crippen molar-refractivity contribution in [1.29, 1.82) is 0 Å². The van der Waals surface area contributed by atoms with Gasteiger partial charge >= 0.3 is 0 Å². The molecular weight excluding hydrogens is 272 g/mol. The van der Waals surface area contributed by atoms with Crippen molar-refractivity contribution >= 4 is 21.7 Å². The average molecular weight is 285 g/mol. The number of hydrogen-bond donors (Lipinski definition) is 2. The number of fused-ring (bicyclic) bond motifs is 1. The smallest absolute Gasteiger partial charge is 0.163 e. The predicted octanol–water partition coefficient (Wildman–Crippen LogP) is 1.60. The average Bonchev–Trinajstić information content (AvgIpc) is 2.69. The molecule has 1 aliphatic rings. The Morgan fingerprint density at radius 2 is 2.06 bits per heavy atom. The molecule has 3 nitrogen and oxygen atoms in total. The minimum absolute atomic E-state index is 0.123. The van der Waals surface area contributed by atoms with Gasteiger partial charge in [0.2, 0.25) is 0 Å². The molecule has 0 aromatic heterocycles. The number of hydrogen-bond acceptors (Lipinski definition) is 3. The van der Waals surface area contributed by atoms with Gasteiger partial charge in [-0.3, -0.25) is 4.79 Å². The number of rotatable bonds is 3. The Morgan fingerprint density at radius 1 is 1.31 bits per heavy atom. The molecule has 1 aromatic carbocycles. The summed E-state index contributed by atoms with van der Waals surface area (Å²) in [6.07, 6.45) is -0.609. The SMILES string of the molecule is O=C1CCc2c1cccc2C(O)C(O)CBr. The highest BCUT2D eigenvalue weighted by Gasteiger charge is 2.27. The Labute approximate surface area is 102 Å². The van der Waals surface area contributed by atoms with Crippen LogP contribution in [0.25, 0.3) is 0 Å². The summed E-state index contributed by atoms with van der Waals surface area (Å²) >= 11 is 3.13. The molecule has 0 radical (unpaired) electrons. The first kappa shape index (κ1) is 11.8. The molecule has 2 rings (SSSR count). The highest BCUT2D eigenvalue weighted by Crippen LogP contribution is 2.30. The third-order valence-corrected chi connectivity index (χ3v) is 3.62. The first-order valence-corrected chi connectivity index (χ1v) is 6.34. The predicted molar refractivity (Wildman–Crippen MR) is 63.9 cm³/mol. The van der Waals surface area contributed by atoms with Crippen LogP contribution in [-0.4, -0.2) is 27.4 Å². The summed E-state index contributed by atoms with van der Waals surface area (Å²) in [4.78, 5) is 11.5. The van der Waals surface area contributed by atoms with Crippen molar-refractivity contribution in [2.45, 2.75) is 25.0 Å². The van der Waals surface area contributed by atoms with E-state index in [4.69, 9.17) is 0 Å². The van der Waals surface area contributed by atoms with Gasteiger partial charge in [0.05, 0.1) is 6.10 Å². The molecule has 1 aromatic rings. The second kappa shape index (κ2) is 4.65. The van der Waals surface area contributed by atoms with Gasteiger partial charge in [-0.05, 0) is 17.5 Å². The normalized spacial score (nSPS) is 18.3. The van der Waals surface area contributed by atoms with E-state index in [2.05, 4.69) is 15.9 Å². The Morgan fingerprint density at radius 3 is 2.75 bits per heavy atom. The van der Waals surface area contributed by atoms with Crippen molar-refractivity contribution in [3.05, 3.63) is 34.9 Å². The zero-order valence-corrected chi connectivity index (χ0v) is 10.3. The fourth-order valence-electron chi connectivity index (χ4n) is 2.09. The number of benzene rings is 1. The lowest BCUT2D eigenvalue weighted by Gasteiger charge is -2.18.